The number of hydrogen-bond donors (Lipinski definition) is 1. The normalized spacial score (nSPS) is 19.7. The van der Waals surface area contributed by atoms with Crippen molar-refractivity contribution >= 4 is 34.9 Å². The zero-order valence-electron chi connectivity index (χ0n) is 30.7. The summed E-state index contributed by atoms with van der Waals surface area (Å²) in [6, 6.07) is 9.58. The van der Waals surface area contributed by atoms with Gasteiger partial charge in [0.05, 0.1) is 6.04 Å². The second-order valence-electron chi connectivity index (χ2n) is 15.0. The molecule has 0 bridgehead atoms. The third-order valence-electron chi connectivity index (χ3n) is 9.98. The number of piperazine rings is 1. The number of thiazole rings is 1. The van der Waals surface area contributed by atoms with Crippen molar-refractivity contribution in [3.63, 3.8) is 0 Å². The molecule has 2 aliphatic rings. The number of nitrogens with zero attached hydrogens (tertiary/aromatic N) is 4. The second-order valence-corrected chi connectivity index (χ2v) is 15.9. The third-order valence-corrected chi connectivity index (χ3v) is 10.9. The first kappa shape index (κ1) is 38.6. The Morgan fingerprint density at radius 1 is 1.04 bits per heavy atom. The van der Waals surface area contributed by atoms with E-state index in [2.05, 4.69) is 46.1 Å². The summed E-state index contributed by atoms with van der Waals surface area (Å²) in [6.07, 6.45) is 3.29. The van der Waals surface area contributed by atoms with Crippen LogP contribution in [0.4, 0.5) is 0 Å². The molecule has 5 atom stereocenters. The predicted octanol–water partition coefficient (Wildman–Crippen LogP) is 5.24. The number of ether oxygens (including phenoxy) is 1. The van der Waals surface area contributed by atoms with Crippen LogP contribution >= 0.6 is 11.3 Å². The maximum Gasteiger partial charge on any atom is 0.303 e. The van der Waals surface area contributed by atoms with Gasteiger partial charge in [0.25, 0.3) is 5.91 Å². The van der Waals surface area contributed by atoms with E-state index in [0.29, 0.717) is 23.9 Å². The lowest BCUT2D eigenvalue weighted by Crippen LogP contribution is -2.54. The number of likely N-dealkylation sites (N-methyl/N-ethyl adjacent to an activating group) is 2. The highest BCUT2D eigenvalue weighted by Crippen LogP contribution is 2.41. The summed E-state index contributed by atoms with van der Waals surface area (Å²) in [6.45, 7) is 12.2. The molecule has 0 spiro atoms. The van der Waals surface area contributed by atoms with Crippen molar-refractivity contribution in [1.29, 1.82) is 0 Å². The van der Waals surface area contributed by atoms with Crippen molar-refractivity contribution < 1.29 is 23.9 Å². The van der Waals surface area contributed by atoms with Crippen LogP contribution < -0.4 is 5.32 Å². The Balaban J connectivity index is 1.47. The number of Topliss-reactive ketones (excluding diaryl/α,β-unsaturated/α-hetero) is 1. The van der Waals surface area contributed by atoms with Crippen LogP contribution in [0.5, 0.6) is 0 Å². The molecule has 0 radical (unpaired) electrons. The molecule has 0 unspecified atom stereocenters. The minimum Gasteiger partial charge on any atom is -0.455 e. The highest BCUT2D eigenvalue weighted by molar-refractivity contribution is 7.09. The molecule has 1 aromatic carbocycles. The molecule has 4 rings (SSSR count). The molecule has 1 aliphatic carbocycles. The van der Waals surface area contributed by atoms with Crippen LogP contribution in [0.1, 0.15) is 93.9 Å². The van der Waals surface area contributed by atoms with Crippen LogP contribution in [0, 0.1) is 23.7 Å². The van der Waals surface area contributed by atoms with Gasteiger partial charge >= 0.3 is 5.97 Å². The monoisotopic (exact) mass is 695 g/mol. The lowest BCUT2D eigenvalue weighted by Gasteiger charge is -2.38. The van der Waals surface area contributed by atoms with E-state index >= 15 is 0 Å². The Labute approximate surface area is 297 Å². The highest BCUT2D eigenvalue weighted by Gasteiger charge is 2.43. The van der Waals surface area contributed by atoms with Gasteiger partial charge < -0.3 is 19.9 Å². The van der Waals surface area contributed by atoms with Crippen LogP contribution in [-0.2, 0) is 25.5 Å². The zero-order chi connectivity index (χ0) is 35.8. The summed E-state index contributed by atoms with van der Waals surface area (Å²) < 4.78 is 5.81. The van der Waals surface area contributed by atoms with Gasteiger partial charge in [0, 0.05) is 69.8 Å². The number of hydrogen-bond acceptors (Lipinski definition) is 9. The maximum absolute atomic E-state index is 14.2. The van der Waals surface area contributed by atoms with Crippen molar-refractivity contribution in [1.82, 2.24) is 25.0 Å². The standard InChI is InChI=1S/C38H57N5O5S/c1-24(2)18-29(19-27-12-10-9-11-13-27)39-36(46)31-23-49-37(40-31)35(48-26(5)44)21-32(25(3)4)43(8)38(47)30(28-14-15-28)20-34(45)33-22-41(6)16-17-42(33)7/h9-13,23-25,28-30,32-33,35H,14-22H2,1-8H3,(H,39,46)/t29-,30+,32-,33-,35-/m1/s1. The van der Waals surface area contributed by atoms with Crippen LogP contribution in [-0.4, -0.2) is 102 Å². The van der Waals surface area contributed by atoms with Crippen molar-refractivity contribution in [2.75, 3.05) is 40.8 Å². The molecule has 10 nitrogen and oxygen atoms in total. The Morgan fingerprint density at radius 3 is 2.35 bits per heavy atom. The molecular formula is C38H57N5O5S. The molecule has 1 aromatic heterocycles. The predicted molar refractivity (Wildman–Crippen MR) is 193 cm³/mol. The van der Waals surface area contributed by atoms with E-state index in [1.807, 2.05) is 46.1 Å². The van der Waals surface area contributed by atoms with Gasteiger partial charge in [0.15, 0.2) is 11.9 Å². The molecule has 1 saturated heterocycles. The molecule has 2 heterocycles. The maximum atomic E-state index is 14.2. The largest absolute Gasteiger partial charge is 0.455 e. The zero-order valence-corrected chi connectivity index (χ0v) is 31.5. The number of carbonyl (C=O) groups excluding carboxylic acids is 4. The van der Waals surface area contributed by atoms with Gasteiger partial charge in [0.2, 0.25) is 5.91 Å². The first-order chi connectivity index (χ1) is 23.2. The highest BCUT2D eigenvalue weighted by atomic mass is 32.1. The fourth-order valence-corrected chi connectivity index (χ4v) is 7.89. The smallest absolute Gasteiger partial charge is 0.303 e. The molecule has 1 aliphatic heterocycles. The Bertz CT molecular complexity index is 1410. The quantitative estimate of drug-likeness (QED) is 0.224. The van der Waals surface area contributed by atoms with E-state index in [9.17, 15) is 19.2 Å². The van der Waals surface area contributed by atoms with Crippen molar-refractivity contribution in [2.45, 2.75) is 97.4 Å². The Hall–Kier alpha value is -3.15. The number of nitrogens with one attached hydrogen (secondary N) is 1. The lowest BCUT2D eigenvalue weighted by molar-refractivity contribution is -0.149. The number of aromatic nitrogens is 1. The minimum absolute atomic E-state index is 0.0308. The van der Waals surface area contributed by atoms with Crippen molar-refractivity contribution in [2.24, 2.45) is 23.7 Å². The summed E-state index contributed by atoms with van der Waals surface area (Å²) in [5, 5.41) is 5.42. The average Bonchev–Trinajstić information content (AvgIpc) is 3.76. The van der Waals surface area contributed by atoms with E-state index in [1.165, 1.54) is 18.3 Å². The van der Waals surface area contributed by atoms with Gasteiger partial charge in [-0.3, -0.25) is 24.1 Å². The fraction of sp³-hybridized carbons (Fsp3) is 0.658. The molecule has 270 valence electrons. The molecule has 11 heteroatoms. The topological polar surface area (TPSA) is 112 Å². The van der Waals surface area contributed by atoms with Gasteiger partial charge in [-0.15, -0.1) is 11.3 Å². The summed E-state index contributed by atoms with van der Waals surface area (Å²) in [4.78, 5) is 64.2. The van der Waals surface area contributed by atoms with Crippen molar-refractivity contribution in [3.05, 3.63) is 52.0 Å². The average molecular weight is 696 g/mol. The van der Waals surface area contributed by atoms with Gasteiger partial charge in [-0.1, -0.05) is 58.0 Å². The molecular weight excluding hydrogens is 639 g/mol. The van der Waals surface area contributed by atoms with Gasteiger partial charge in [-0.2, -0.15) is 0 Å². The molecule has 2 fully saturated rings. The molecule has 2 amide bonds. The summed E-state index contributed by atoms with van der Waals surface area (Å²) >= 11 is 1.29. The minimum atomic E-state index is -0.727. The van der Waals surface area contributed by atoms with Crippen LogP contribution in [0.15, 0.2) is 35.7 Å². The van der Waals surface area contributed by atoms with E-state index in [0.717, 1.165) is 44.3 Å². The number of amides is 2. The van der Waals surface area contributed by atoms with Crippen molar-refractivity contribution in [3.8, 4) is 0 Å². The molecule has 2 aromatic rings. The van der Waals surface area contributed by atoms with Crippen LogP contribution in [0.3, 0.4) is 0 Å². The van der Waals surface area contributed by atoms with E-state index < -0.39 is 12.1 Å². The van der Waals surface area contributed by atoms with Gasteiger partial charge in [0.1, 0.15) is 10.7 Å². The number of benzene rings is 1. The van der Waals surface area contributed by atoms with E-state index in [4.69, 9.17) is 4.74 Å². The summed E-state index contributed by atoms with van der Waals surface area (Å²) in [7, 11) is 5.83. The number of esters is 1. The van der Waals surface area contributed by atoms with E-state index in [-0.39, 0.29) is 65.6 Å². The Morgan fingerprint density at radius 2 is 1.73 bits per heavy atom. The summed E-state index contributed by atoms with van der Waals surface area (Å²) in [5.74, 6) is -0.334. The SMILES string of the molecule is CC(=O)O[C@H](C[C@H](C(C)C)N(C)C(=O)[C@@H](CC(=O)[C@H]1CN(C)CCN1C)C1CC1)c1nc(C(=O)N[C@@H](Cc2ccccc2)CC(C)C)cs1. The van der Waals surface area contributed by atoms with Gasteiger partial charge in [-0.05, 0) is 63.1 Å². The fourth-order valence-electron chi connectivity index (χ4n) is 7.05. The number of rotatable bonds is 17. The molecule has 49 heavy (non-hydrogen) atoms. The second kappa shape index (κ2) is 17.7. The Kier molecular flexibility index (Phi) is 13.9. The first-order valence-corrected chi connectivity index (χ1v) is 18.8. The van der Waals surface area contributed by atoms with E-state index in [1.54, 1.807) is 17.3 Å². The lowest BCUT2D eigenvalue weighted by atomic mass is 9.89. The number of carbonyl (C=O) groups is 4. The van der Waals surface area contributed by atoms with Crippen LogP contribution in [0.25, 0.3) is 0 Å². The number of ketones is 1. The van der Waals surface area contributed by atoms with Crippen LogP contribution in [0.2, 0.25) is 0 Å². The summed E-state index contributed by atoms with van der Waals surface area (Å²) in [5.41, 5.74) is 1.44. The third kappa shape index (κ3) is 11.2. The first-order valence-electron chi connectivity index (χ1n) is 17.9. The van der Waals surface area contributed by atoms with Gasteiger partial charge in [-0.25, -0.2) is 4.98 Å². The molecule has 1 N–H and O–H groups in total. The molecule has 1 saturated carbocycles.